The first-order valence-electron chi connectivity index (χ1n) is 8.52. The fourth-order valence-electron chi connectivity index (χ4n) is 2.45. The summed E-state index contributed by atoms with van der Waals surface area (Å²) in [6.07, 6.45) is 2.56. The number of anilines is 2. The highest BCUT2D eigenvalue weighted by Crippen LogP contribution is 2.22. The van der Waals surface area contributed by atoms with Crippen LogP contribution >= 0.6 is 0 Å². The molecule has 1 heterocycles. The fourth-order valence-corrected chi connectivity index (χ4v) is 2.45. The van der Waals surface area contributed by atoms with Crippen molar-refractivity contribution >= 4 is 11.6 Å². The molecule has 0 saturated heterocycles. The van der Waals surface area contributed by atoms with Crippen LogP contribution in [0.25, 0.3) is 0 Å². The minimum Gasteiger partial charge on any atom is -0.383 e. The number of nitrogens with one attached hydrogen (secondary N) is 1. The van der Waals surface area contributed by atoms with Crippen LogP contribution in [0.3, 0.4) is 0 Å². The Morgan fingerprint density at radius 2 is 1.96 bits per heavy atom. The summed E-state index contributed by atoms with van der Waals surface area (Å²) < 4.78 is 15.7. The van der Waals surface area contributed by atoms with Crippen LogP contribution in [0.1, 0.15) is 25.8 Å². The molecule has 0 radical (unpaired) electrons. The highest BCUT2D eigenvalue weighted by Gasteiger charge is 2.14. The van der Waals surface area contributed by atoms with Crippen LogP contribution in [-0.4, -0.2) is 69.7 Å². The highest BCUT2D eigenvalue weighted by molar-refractivity contribution is 5.58. The normalized spacial score (nSPS) is 12.2. The molecule has 0 aliphatic heterocycles. The first-order chi connectivity index (χ1) is 11.6. The zero-order valence-corrected chi connectivity index (χ0v) is 15.7. The summed E-state index contributed by atoms with van der Waals surface area (Å²) in [4.78, 5) is 11.1. The van der Waals surface area contributed by atoms with E-state index in [1.54, 1.807) is 20.5 Å². The molecule has 1 atom stereocenters. The molecule has 138 valence electrons. The van der Waals surface area contributed by atoms with Crippen LogP contribution in [0.5, 0.6) is 0 Å². The van der Waals surface area contributed by atoms with E-state index in [4.69, 9.17) is 14.2 Å². The van der Waals surface area contributed by atoms with Gasteiger partial charge in [-0.3, -0.25) is 0 Å². The Morgan fingerprint density at radius 3 is 2.62 bits per heavy atom. The molecular weight excluding hydrogens is 308 g/mol. The number of nitrogens with zero attached hydrogens (tertiary/aromatic N) is 3. The molecule has 0 amide bonds. The molecule has 0 aliphatic carbocycles. The van der Waals surface area contributed by atoms with Crippen molar-refractivity contribution < 1.29 is 14.2 Å². The number of rotatable bonds is 13. The second kappa shape index (κ2) is 12.0. The number of ether oxygens (including phenoxy) is 3. The molecule has 0 aromatic carbocycles. The van der Waals surface area contributed by atoms with Crippen molar-refractivity contribution in [1.82, 2.24) is 9.97 Å². The topological polar surface area (TPSA) is 68.7 Å². The van der Waals surface area contributed by atoms with Crippen LogP contribution in [0.15, 0.2) is 6.33 Å². The summed E-state index contributed by atoms with van der Waals surface area (Å²) in [5, 5.41) is 3.38. The number of hydrogen-bond acceptors (Lipinski definition) is 7. The second-order valence-electron chi connectivity index (χ2n) is 5.71. The van der Waals surface area contributed by atoms with Crippen molar-refractivity contribution in [3.63, 3.8) is 0 Å². The molecule has 0 unspecified atom stereocenters. The Hall–Kier alpha value is -1.44. The SMILES string of the molecule is CCN(CCCOCCOC)c1ncnc(N[C@H](C)COC)c1C. The lowest BCUT2D eigenvalue weighted by molar-refractivity contribution is 0.0700. The summed E-state index contributed by atoms with van der Waals surface area (Å²) in [5.41, 5.74) is 1.06. The van der Waals surface area contributed by atoms with Gasteiger partial charge in [0.25, 0.3) is 0 Å². The Bertz CT molecular complexity index is 459. The third-order valence-electron chi connectivity index (χ3n) is 3.69. The summed E-state index contributed by atoms with van der Waals surface area (Å²) in [5.74, 6) is 1.83. The van der Waals surface area contributed by atoms with E-state index >= 15 is 0 Å². The molecule has 0 fully saturated rings. The van der Waals surface area contributed by atoms with Crippen molar-refractivity contribution in [3.8, 4) is 0 Å². The first-order valence-corrected chi connectivity index (χ1v) is 8.52. The van der Waals surface area contributed by atoms with E-state index in [1.165, 1.54) is 0 Å². The first kappa shape index (κ1) is 20.6. The lowest BCUT2D eigenvalue weighted by Crippen LogP contribution is -2.28. The smallest absolute Gasteiger partial charge is 0.137 e. The maximum absolute atomic E-state index is 5.53. The molecule has 1 N–H and O–H groups in total. The van der Waals surface area contributed by atoms with Crippen molar-refractivity contribution in [1.29, 1.82) is 0 Å². The monoisotopic (exact) mass is 340 g/mol. The minimum absolute atomic E-state index is 0.195. The molecule has 1 rings (SSSR count). The Labute approximate surface area is 145 Å². The van der Waals surface area contributed by atoms with Gasteiger partial charge in [-0.2, -0.15) is 0 Å². The van der Waals surface area contributed by atoms with Gasteiger partial charge in [-0.15, -0.1) is 0 Å². The largest absolute Gasteiger partial charge is 0.383 e. The predicted octanol–water partition coefficient (Wildman–Crippen LogP) is 2.11. The van der Waals surface area contributed by atoms with Crippen molar-refractivity contribution in [2.24, 2.45) is 0 Å². The maximum atomic E-state index is 5.53. The Balaban J connectivity index is 2.61. The van der Waals surface area contributed by atoms with Crippen LogP contribution < -0.4 is 10.2 Å². The van der Waals surface area contributed by atoms with Crippen LogP contribution in [-0.2, 0) is 14.2 Å². The van der Waals surface area contributed by atoms with Crippen molar-refractivity contribution in [2.45, 2.75) is 33.2 Å². The van der Waals surface area contributed by atoms with Gasteiger partial charge in [0, 0.05) is 45.5 Å². The standard InChI is InChI=1S/C17H32N4O3/c1-6-21(8-7-9-24-11-10-22-4)17-15(3)16(18-13-19-17)20-14(2)12-23-5/h13-14H,6-12H2,1-5H3,(H,18,19,20)/t14-/m1/s1. The van der Waals surface area contributed by atoms with Gasteiger partial charge < -0.3 is 24.4 Å². The van der Waals surface area contributed by atoms with Crippen LogP contribution in [0.4, 0.5) is 11.6 Å². The molecule has 0 bridgehead atoms. The van der Waals surface area contributed by atoms with E-state index in [0.29, 0.717) is 19.8 Å². The zero-order chi connectivity index (χ0) is 17.8. The van der Waals surface area contributed by atoms with Gasteiger partial charge in [0.15, 0.2) is 0 Å². The molecular formula is C17H32N4O3. The summed E-state index contributed by atoms with van der Waals surface area (Å²) in [6, 6.07) is 0.195. The average Bonchev–Trinajstić information content (AvgIpc) is 2.57. The molecule has 7 heteroatoms. The molecule has 1 aromatic rings. The fraction of sp³-hybridized carbons (Fsp3) is 0.765. The van der Waals surface area contributed by atoms with Gasteiger partial charge >= 0.3 is 0 Å². The summed E-state index contributed by atoms with van der Waals surface area (Å²) in [6.45, 7) is 10.7. The van der Waals surface area contributed by atoms with Gasteiger partial charge in [0.05, 0.1) is 19.8 Å². The van der Waals surface area contributed by atoms with E-state index in [1.807, 2.05) is 0 Å². The number of hydrogen-bond donors (Lipinski definition) is 1. The molecule has 7 nitrogen and oxygen atoms in total. The van der Waals surface area contributed by atoms with Crippen LogP contribution in [0.2, 0.25) is 0 Å². The maximum Gasteiger partial charge on any atom is 0.137 e. The lowest BCUT2D eigenvalue weighted by Gasteiger charge is -2.25. The molecule has 0 spiro atoms. The van der Waals surface area contributed by atoms with Gasteiger partial charge in [0.2, 0.25) is 0 Å². The van der Waals surface area contributed by atoms with Gasteiger partial charge in [-0.25, -0.2) is 9.97 Å². The molecule has 24 heavy (non-hydrogen) atoms. The minimum atomic E-state index is 0.195. The van der Waals surface area contributed by atoms with Crippen molar-refractivity contribution in [2.75, 3.05) is 64.0 Å². The van der Waals surface area contributed by atoms with Gasteiger partial charge in [0.1, 0.15) is 18.0 Å². The summed E-state index contributed by atoms with van der Waals surface area (Å²) in [7, 11) is 3.38. The molecule has 0 aliphatic rings. The Morgan fingerprint density at radius 1 is 1.17 bits per heavy atom. The van der Waals surface area contributed by atoms with E-state index in [2.05, 4.69) is 41.0 Å². The summed E-state index contributed by atoms with van der Waals surface area (Å²) >= 11 is 0. The van der Waals surface area contributed by atoms with Crippen LogP contribution in [0, 0.1) is 6.92 Å². The lowest BCUT2D eigenvalue weighted by atomic mass is 10.2. The quantitative estimate of drug-likeness (QED) is 0.552. The molecule has 1 aromatic heterocycles. The van der Waals surface area contributed by atoms with E-state index < -0.39 is 0 Å². The number of aromatic nitrogens is 2. The van der Waals surface area contributed by atoms with Crippen molar-refractivity contribution in [3.05, 3.63) is 11.9 Å². The van der Waals surface area contributed by atoms with Gasteiger partial charge in [-0.05, 0) is 27.2 Å². The number of methoxy groups -OCH3 is 2. The second-order valence-corrected chi connectivity index (χ2v) is 5.71. The highest BCUT2D eigenvalue weighted by atomic mass is 16.5. The van der Waals surface area contributed by atoms with Gasteiger partial charge in [-0.1, -0.05) is 0 Å². The zero-order valence-electron chi connectivity index (χ0n) is 15.7. The predicted molar refractivity (Wildman–Crippen MR) is 96.9 cm³/mol. The Kier molecular flexibility index (Phi) is 10.3. The average molecular weight is 340 g/mol. The van der Waals surface area contributed by atoms with E-state index in [0.717, 1.165) is 43.3 Å². The van der Waals surface area contributed by atoms with E-state index in [-0.39, 0.29) is 6.04 Å². The van der Waals surface area contributed by atoms with E-state index in [9.17, 15) is 0 Å². The molecule has 0 saturated carbocycles. The third-order valence-corrected chi connectivity index (χ3v) is 3.69. The third kappa shape index (κ3) is 6.98.